The van der Waals surface area contributed by atoms with Gasteiger partial charge in [0.25, 0.3) is 5.56 Å². The maximum absolute atomic E-state index is 12.6. The fourth-order valence-electron chi connectivity index (χ4n) is 4.22. The number of H-pyrrole nitrogens is 1. The Bertz CT molecular complexity index is 1140. The summed E-state index contributed by atoms with van der Waals surface area (Å²) < 4.78 is 1.65. The van der Waals surface area contributed by atoms with Crippen LogP contribution in [0.25, 0.3) is 10.9 Å². The normalized spacial score (nSPS) is 15.2. The summed E-state index contributed by atoms with van der Waals surface area (Å²) in [7, 11) is 1.81. The van der Waals surface area contributed by atoms with Crippen LogP contribution in [0.5, 0.6) is 0 Å². The van der Waals surface area contributed by atoms with E-state index in [1.54, 1.807) is 23.3 Å². The lowest BCUT2D eigenvalue weighted by Gasteiger charge is -2.31. The third kappa shape index (κ3) is 4.80. The van der Waals surface area contributed by atoms with Crippen molar-refractivity contribution in [2.75, 3.05) is 42.9 Å². The molecule has 1 amide bonds. The van der Waals surface area contributed by atoms with Crippen LogP contribution in [-0.4, -0.2) is 68.3 Å². The number of aromatic amines is 1. The molecule has 4 heterocycles. The minimum atomic E-state index is -0.151. The van der Waals surface area contributed by atoms with Crippen molar-refractivity contribution in [2.45, 2.75) is 32.6 Å². The van der Waals surface area contributed by atoms with Crippen LogP contribution in [0.3, 0.4) is 0 Å². The summed E-state index contributed by atoms with van der Waals surface area (Å²) in [5.41, 5.74) is 2.14. The third-order valence-electron chi connectivity index (χ3n) is 6.03. The highest BCUT2D eigenvalue weighted by Crippen LogP contribution is 2.27. The van der Waals surface area contributed by atoms with E-state index < -0.39 is 0 Å². The number of aromatic nitrogens is 5. The number of aryl methyl sites for hydroxylation is 1. The maximum Gasteiger partial charge on any atom is 0.259 e. The van der Waals surface area contributed by atoms with Crippen LogP contribution in [0.1, 0.15) is 38.3 Å². The van der Waals surface area contributed by atoms with Crippen molar-refractivity contribution in [2.24, 2.45) is 7.05 Å². The van der Waals surface area contributed by atoms with Crippen LogP contribution in [0.15, 0.2) is 29.5 Å². The number of carbonyl (C=O) groups excluding carboxylic acids is 1. The molecular formula is C22H30N8O2. The maximum atomic E-state index is 12.6. The highest BCUT2D eigenvalue weighted by atomic mass is 16.2. The number of rotatable bonds is 7. The number of pyridine rings is 1. The van der Waals surface area contributed by atoms with Crippen molar-refractivity contribution in [3.8, 4) is 0 Å². The highest BCUT2D eigenvalue weighted by Gasteiger charge is 2.23. The molecule has 2 N–H and O–H groups in total. The van der Waals surface area contributed by atoms with Gasteiger partial charge in [-0.1, -0.05) is 0 Å². The summed E-state index contributed by atoms with van der Waals surface area (Å²) in [5.74, 6) is 0.835. The fraction of sp³-hybridized carbons (Fsp3) is 0.500. The van der Waals surface area contributed by atoms with Crippen LogP contribution in [0.2, 0.25) is 0 Å². The molecule has 1 saturated heterocycles. The highest BCUT2D eigenvalue weighted by molar-refractivity contribution is 5.92. The Morgan fingerprint density at radius 1 is 1.25 bits per heavy atom. The zero-order chi connectivity index (χ0) is 22.7. The number of carbonyl (C=O) groups is 1. The first-order chi connectivity index (χ1) is 15.5. The predicted molar refractivity (Wildman–Crippen MR) is 124 cm³/mol. The molecule has 0 spiro atoms. The van der Waals surface area contributed by atoms with Crippen LogP contribution < -0.4 is 15.8 Å². The van der Waals surface area contributed by atoms with Gasteiger partial charge in [-0.25, -0.2) is 9.97 Å². The van der Waals surface area contributed by atoms with Crippen LogP contribution in [-0.2, 0) is 11.8 Å². The molecule has 170 valence electrons. The Balaban J connectivity index is 1.41. The van der Waals surface area contributed by atoms with Gasteiger partial charge in [-0.3, -0.25) is 19.2 Å². The van der Waals surface area contributed by atoms with E-state index in [2.05, 4.69) is 49.0 Å². The second-order valence-corrected chi connectivity index (χ2v) is 8.20. The average molecular weight is 439 g/mol. The predicted octanol–water partition coefficient (Wildman–Crippen LogP) is 1.72. The molecule has 32 heavy (non-hydrogen) atoms. The molecule has 0 aliphatic carbocycles. The quantitative estimate of drug-likeness (QED) is 0.578. The van der Waals surface area contributed by atoms with Crippen molar-refractivity contribution in [1.82, 2.24) is 29.6 Å². The van der Waals surface area contributed by atoms with Gasteiger partial charge < -0.3 is 15.2 Å². The molecule has 0 unspecified atom stereocenters. The van der Waals surface area contributed by atoms with Crippen LogP contribution >= 0.6 is 0 Å². The number of hydrogen-bond acceptors (Lipinski definition) is 7. The molecule has 0 bridgehead atoms. The lowest BCUT2D eigenvalue weighted by atomic mass is 9.92. The van der Waals surface area contributed by atoms with E-state index in [9.17, 15) is 9.59 Å². The van der Waals surface area contributed by atoms with Crippen molar-refractivity contribution in [1.29, 1.82) is 0 Å². The van der Waals surface area contributed by atoms with E-state index in [0.29, 0.717) is 29.1 Å². The first kappa shape index (κ1) is 21.9. The Morgan fingerprint density at radius 3 is 2.66 bits per heavy atom. The smallest absolute Gasteiger partial charge is 0.259 e. The molecule has 0 saturated carbocycles. The van der Waals surface area contributed by atoms with Crippen LogP contribution in [0, 0.1) is 0 Å². The first-order valence-electron chi connectivity index (χ1n) is 11.1. The minimum absolute atomic E-state index is 0.0452. The minimum Gasteiger partial charge on any atom is -0.341 e. The molecule has 3 aromatic rings. The van der Waals surface area contributed by atoms with E-state index in [4.69, 9.17) is 0 Å². The summed E-state index contributed by atoms with van der Waals surface area (Å²) in [6.07, 6.45) is 6.76. The molecule has 10 nitrogen and oxygen atoms in total. The number of amides is 1. The van der Waals surface area contributed by atoms with Crippen LogP contribution in [0.4, 0.5) is 11.6 Å². The Hall–Kier alpha value is -3.27. The van der Waals surface area contributed by atoms with Gasteiger partial charge in [0.05, 0.1) is 29.3 Å². The molecule has 3 aromatic heterocycles. The SMILES string of the molecule is CCN(CC)c1ncc2c(=O)[nH]c(C3CCN(CC(=O)Nc4cnn(C)c4)CC3)cc2n1. The number of nitrogens with one attached hydrogen (secondary N) is 2. The van der Waals surface area contributed by atoms with Crippen molar-refractivity contribution in [3.05, 3.63) is 40.7 Å². The van der Waals surface area contributed by atoms with Gasteiger partial charge in [0.15, 0.2) is 0 Å². The number of likely N-dealkylation sites (tertiary alicyclic amines) is 1. The standard InChI is InChI=1S/C22H30N8O2/c1-4-30(5-2)22-23-12-17-19(27-22)10-18(26-21(17)32)15-6-8-29(9-7-15)14-20(31)25-16-11-24-28(3)13-16/h10-13,15H,4-9,14H2,1-3H3,(H,25,31)(H,26,32). The zero-order valence-electron chi connectivity index (χ0n) is 18.8. The number of hydrogen-bond donors (Lipinski definition) is 2. The molecule has 0 atom stereocenters. The molecule has 1 aliphatic rings. The van der Waals surface area contributed by atoms with Gasteiger partial charge in [0, 0.05) is 44.1 Å². The van der Waals surface area contributed by atoms with E-state index >= 15 is 0 Å². The van der Waals surface area contributed by atoms with Crippen molar-refractivity contribution in [3.63, 3.8) is 0 Å². The summed E-state index contributed by atoms with van der Waals surface area (Å²) in [6, 6.07) is 1.99. The average Bonchev–Trinajstić information content (AvgIpc) is 3.19. The molecule has 4 rings (SSSR count). The number of anilines is 2. The number of nitrogens with zero attached hydrogens (tertiary/aromatic N) is 6. The third-order valence-corrected chi connectivity index (χ3v) is 6.03. The second kappa shape index (κ2) is 9.47. The summed E-state index contributed by atoms with van der Waals surface area (Å²) >= 11 is 0. The number of piperidine rings is 1. The zero-order valence-corrected chi connectivity index (χ0v) is 18.8. The van der Waals surface area contributed by atoms with Gasteiger partial charge in [0.2, 0.25) is 11.9 Å². The Morgan fingerprint density at radius 2 is 2.00 bits per heavy atom. The molecule has 0 radical (unpaired) electrons. The molecule has 10 heteroatoms. The molecular weight excluding hydrogens is 408 g/mol. The largest absolute Gasteiger partial charge is 0.341 e. The van der Waals surface area contributed by atoms with E-state index in [-0.39, 0.29) is 17.4 Å². The monoisotopic (exact) mass is 438 g/mol. The summed E-state index contributed by atoms with van der Waals surface area (Å²) in [6.45, 7) is 7.67. The molecule has 1 fully saturated rings. The second-order valence-electron chi connectivity index (χ2n) is 8.20. The lowest BCUT2D eigenvalue weighted by molar-refractivity contribution is -0.117. The Labute approximate surface area is 186 Å². The van der Waals surface area contributed by atoms with Gasteiger partial charge in [-0.15, -0.1) is 0 Å². The van der Waals surface area contributed by atoms with Crippen molar-refractivity contribution < 1.29 is 4.79 Å². The van der Waals surface area contributed by atoms with E-state index in [1.165, 1.54) is 0 Å². The first-order valence-corrected chi connectivity index (χ1v) is 11.1. The Kier molecular flexibility index (Phi) is 6.50. The van der Waals surface area contributed by atoms with Gasteiger partial charge in [-0.2, -0.15) is 5.10 Å². The lowest BCUT2D eigenvalue weighted by Crippen LogP contribution is -2.39. The van der Waals surface area contributed by atoms with E-state index in [1.807, 2.05) is 13.1 Å². The van der Waals surface area contributed by atoms with Crippen molar-refractivity contribution >= 4 is 28.4 Å². The van der Waals surface area contributed by atoms with E-state index in [0.717, 1.165) is 44.7 Å². The summed E-state index contributed by atoms with van der Waals surface area (Å²) in [4.78, 5) is 41.2. The molecule has 1 aliphatic heterocycles. The molecule has 0 aromatic carbocycles. The van der Waals surface area contributed by atoms with Gasteiger partial charge in [0.1, 0.15) is 0 Å². The number of fused-ring (bicyclic) bond motifs is 1. The van der Waals surface area contributed by atoms with Gasteiger partial charge in [-0.05, 0) is 45.8 Å². The van der Waals surface area contributed by atoms with Gasteiger partial charge >= 0.3 is 0 Å². The topological polar surface area (TPSA) is 112 Å². The fourth-order valence-corrected chi connectivity index (χ4v) is 4.22. The summed E-state index contributed by atoms with van der Waals surface area (Å²) in [5, 5.41) is 7.44.